The first-order chi connectivity index (χ1) is 16.5. The summed E-state index contributed by atoms with van der Waals surface area (Å²) in [4.78, 5) is 40.3. The summed E-state index contributed by atoms with van der Waals surface area (Å²) < 4.78 is 23.7. The fraction of sp³-hybridized carbons (Fsp3) is 0.480. The number of aryl methyl sites for hydroxylation is 1. The van der Waals surface area contributed by atoms with Gasteiger partial charge in [0, 0.05) is 23.3 Å². The van der Waals surface area contributed by atoms with Crippen molar-refractivity contribution in [3.63, 3.8) is 0 Å². The minimum Gasteiger partial charge on any atom is -0.508 e. The third-order valence-corrected chi connectivity index (χ3v) is 8.28. The van der Waals surface area contributed by atoms with Crippen molar-refractivity contribution in [2.45, 2.75) is 44.6 Å². The molecule has 3 aliphatic carbocycles. The molecule has 0 aliphatic heterocycles. The Balaban J connectivity index is 0.00000380. The van der Waals surface area contributed by atoms with Gasteiger partial charge in [-0.05, 0) is 50.9 Å². The zero-order valence-corrected chi connectivity index (χ0v) is 21.0. The van der Waals surface area contributed by atoms with Crippen LogP contribution in [0.3, 0.4) is 0 Å². The second-order valence-electron chi connectivity index (χ2n) is 10.1. The lowest BCUT2D eigenvalue weighted by atomic mass is 9.57. The van der Waals surface area contributed by atoms with Crippen LogP contribution in [0.4, 0.5) is 0 Å². The molecule has 1 fully saturated rings. The maximum atomic E-state index is 13.8. The molecule has 6 N–H and O–H groups in total. The largest absolute Gasteiger partial charge is 0.508 e. The Morgan fingerprint density at radius 3 is 2.32 bits per heavy atom. The Labute approximate surface area is 214 Å². The fourth-order valence-electron chi connectivity index (χ4n) is 5.96. The SMILES string of the molecule is C.Cc1cc(CS(C)(=O)=O)c(O)c2c1C[C@H]1C[C@H]3[C@H](N(C)C)C(=O)C(C(N)=O)=C(O)[C@@]3(O)C(=O)C1=C2O. The number of carbonyl (C=O) groups is 3. The zero-order chi connectivity index (χ0) is 27.1. The molecule has 4 atom stereocenters. The minimum absolute atomic E-state index is 0. The summed E-state index contributed by atoms with van der Waals surface area (Å²) in [6.07, 6.45) is 1.12. The molecular formula is C25H32N2O9S. The van der Waals surface area contributed by atoms with Gasteiger partial charge in [0.2, 0.25) is 5.78 Å². The summed E-state index contributed by atoms with van der Waals surface area (Å²) in [5.74, 6) is -7.91. The Bertz CT molecular complexity index is 1410. The molecule has 1 saturated carbocycles. The van der Waals surface area contributed by atoms with Gasteiger partial charge in [-0.25, -0.2) is 8.42 Å². The third kappa shape index (κ3) is 4.03. The van der Waals surface area contributed by atoms with E-state index >= 15 is 0 Å². The van der Waals surface area contributed by atoms with E-state index in [2.05, 4.69) is 0 Å². The van der Waals surface area contributed by atoms with Crippen LogP contribution in [-0.2, 0) is 36.4 Å². The molecule has 0 aromatic heterocycles. The first-order valence-electron chi connectivity index (χ1n) is 11.2. The molecule has 1 aromatic carbocycles. The van der Waals surface area contributed by atoms with Crippen LogP contribution >= 0.6 is 0 Å². The summed E-state index contributed by atoms with van der Waals surface area (Å²) in [6, 6.07) is 0.351. The molecule has 1 amide bonds. The number of nitrogens with zero attached hydrogens (tertiary/aromatic N) is 1. The van der Waals surface area contributed by atoms with E-state index < -0.39 is 79.4 Å². The third-order valence-electron chi connectivity index (χ3n) is 7.44. The summed E-state index contributed by atoms with van der Waals surface area (Å²) in [5, 5.41) is 44.5. The number of primary amides is 1. The molecule has 12 heteroatoms. The zero-order valence-electron chi connectivity index (χ0n) is 20.2. The molecule has 3 aliphatic rings. The predicted molar refractivity (Wildman–Crippen MR) is 134 cm³/mol. The highest BCUT2D eigenvalue weighted by Crippen LogP contribution is 2.53. The van der Waals surface area contributed by atoms with Crippen LogP contribution in [0, 0.1) is 18.8 Å². The second-order valence-corrected chi connectivity index (χ2v) is 12.2. The van der Waals surface area contributed by atoms with Gasteiger partial charge in [-0.2, -0.15) is 0 Å². The highest BCUT2D eigenvalue weighted by Gasteiger charge is 2.64. The van der Waals surface area contributed by atoms with E-state index in [9.17, 15) is 43.2 Å². The molecule has 0 radical (unpaired) electrons. The number of benzene rings is 1. The normalized spacial score (nSPS) is 27.5. The molecule has 0 unspecified atom stereocenters. The molecule has 0 heterocycles. The van der Waals surface area contributed by atoms with Crippen molar-refractivity contribution >= 4 is 33.1 Å². The van der Waals surface area contributed by atoms with Crippen LogP contribution in [0.2, 0.25) is 0 Å². The van der Waals surface area contributed by atoms with Crippen LogP contribution in [0.25, 0.3) is 5.76 Å². The average Bonchev–Trinajstić information content (AvgIpc) is 2.72. The number of hydrogen-bond donors (Lipinski definition) is 5. The molecule has 202 valence electrons. The van der Waals surface area contributed by atoms with Crippen molar-refractivity contribution in [1.82, 2.24) is 4.90 Å². The van der Waals surface area contributed by atoms with E-state index in [0.29, 0.717) is 11.1 Å². The maximum absolute atomic E-state index is 13.8. The summed E-state index contributed by atoms with van der Waals surface area (Å²) >= 11 is 0. The Kier molecular flexibility index (Phi) is 6.87. The number of nitrogens with two attached hydrogens (primary N) is 1. The number of phenolic OH excluding ortho intramolecular Hbond substituents is 1. The Morgan fingerprint density at radius 2 is 1.81 bits per heavy atom. The van der Waals surface area contributed by atoms with E-state index in [1.54, 1.807) is 6.92 Å². The van der Waals surface area contributed by atoms with Gasteiger partial charge in [-0.1, -0.05) is 13.5 Å². The molecule has 37 heavy (non-hydrogen) atoms. The molecule has 1 aromatic rings. The fourth-order valence-corrected chi connectivity index (χ4v) is 6.75. The van der Waals surface area contributed by atoms with Gasteiger partial charge in [0.1, 0.15) is 22.8 Å². The Morgan fingerprint density at radius 1 is 1.22 bits per heavy atom. The van der Waals surface area contributed by atoms with Crippen molar-refractivity contribution in [3.05, 3.63) is 45.2 Å². The Hall–Kier alpha value is -3.22. The first kappa shape index (κ1) is 28.4. The van der Waals surface area contributed by atoms with Crippen LogP contribution in [0.5, 0.6) is 5.75 Å². The molecule has 0 spiro atoms. The molecule has 4 rings (SSSR count). The number of fused-ring (bicyclic) bond motifs is 3. The number of aliphatic hydroxyl groups excluding tert-OH is 2. The lowest BCUT2D eigenvalue weighted by Gasteiger charge is -2.50. The standard InChI is InChI=1S/C24H28N2O9S.CH4/c1-9-5-11(8-36(4,34)35)18(27)15-12(9)6-10-7-13-17(26(2)3)20(29)16(23(25)32)22(31)24(13,33)21(30)14(10)19(15)28;/h5,10,13,17,27-28,31,33H,6-8H2,1-4H3,(H2,25,32);1H4/t10-,13-,17-,24-;/m0./s1. The number of amides is 1. The van der Waals surface area contributed by atoms with Crippen molar-refractivity contribution < 1.29 is 43.2 Å². The number of carbonyl (C=O) groups excluding carboxylic acids is 3. The number of Topliss-reactive ketones (excluding diaryl/α,β-unsaturated/α-hetero) is 2. The highest BCUT2D eigenvalue weighted by molar-refractivity contribution is 7.89. The van der Waals surface area contributed by atoms with Crippen LogP contribution < -0.4 is 5.73 Å². The van der Waals surface area contributed by atoms with Gasteiger partial charge >= 0.3 is 0 Å². The topological polar surface area (TPSA) is 196 Å². The molecular weight excluding hydrogens is 504 g/mol. The van der Waals surface area contributed by atoms with Crippen molar-refractivity contribution in [2.24, 2.45) is 17.6 Å². The number of phenols is 1. The number of sulfone groups is 1. The smallest absolute Gasteiger partial charge is 0.255 e. The average molecular weight is 537 g/mol. The van der Waals surface area contributed by atoms with E-state index in [-0.39, 0.29) is 37.0 Å². The van der Waals surface area contributed by atoms with Gasteiger partial charge in [0.25, 0.3) is 5.91 Å². The first-order valence-corrected chi connectivity index (χ1v) is 13.2. The minimum atomic E-state index is -3.55. The second kappa shape index (κ2) is 8.96. The lowest BCUT2D eigenvalue weighted by molar-refractivity contribution is -0.153. The maximum Gasteiger partial charge on any atom is 0.255 e. The van der Waals surface area contributed by atoms with Gasteiger partial charge in [-0.3, -0.25) is 19.3 Å². The van der Waals surface area contributed by atoms with Gasteiger partial charge < -0.3 is 26.2 Å². The van der Waals surface area contributed by atoms with E-state index in [1.165, 1.54) is 25.1 Å². The van der Waals surface area contributed by atoms with Crippen molar-refractivity contribution in [2.75, 3.05) is 20.4 Å². The van der Waals surface area contributed by atoms with Crippen molar-refractivity contribution in [3.8, 4) is 5.75 Å². The van der Waals surface area contributed by atoms with Crippen LogP contribution in [-0.4, -0.2) is 83.2 Å². The van der Waals surface area contributed by atoms with E-state index in [1.807, 2.05) is 0 Å². The van der Waals surface area contributed by atoms with E-state index in [0.717, 1.165) is 6.26 Å². The summed E-state index contributed by atoms with van der Waals surface area (Å²) in [7, 11) is -0.492. The number of rotatable bonds is 4. The van der Waals surface area contributed by atoms with Crippen LogP contribution in [0.15, 0.2) is 23.0 Å². The van der Waals surface area contributed by atoms with Gasteiger partial charge in [0.15, 0.2) is 21.2 Å². The number of hydrogen-bond acceptors (Lipinski definition) is 10. The summed E-state index contributed by atoms with van der Waals surface area (Å²) in [5.41, 5.74) is 2.41. The number of aromatic hydroxyl groups is 1. The molecule has 0 saturated heterocycles. The lowest BCUT2D eigenvalue weighted by Crippen LogP contribution is -2.65. The monoisotopic (exact) mass is 536 g/mol. The van der Waals surface area contributed by atoms with Gasteiger partial charge in [0.05, 0.1) is 17.4 Å². The molecule has 11 nitrogen and oxygen atoms in total. The summed E-state index contributed by atoms with van der Waals surface area (Å²) in [6.45, 7) is 1.68. The predicted octanol–water partition coefficient (Wildman–Crippen LogP) is 0.453. The molecule has 0 bridgehead atoms. The number of ketones is 2. The van der Waals surface area contributed by atoms with E-state index in [4.69, 9.17) is 5.73 Å². The van der Waals surface area contributed by atoms with Crippen LogP contribution in [0.1, 0.15) is 36.1 Å². The number of likely N-dealkylation sites (N-methyl/N-ethyl adjacent to an activating group) is 1. The quantitative estimate of drug-likeness (QED) is 0.337. The van der Waals surface area contributed by atoms with Crippen molar-refractivity contribution in [1.29, 1.82) is 0 Å². The van der Waals surface area contributed by atoms with Gasteiger partial charge in [-0.15, -0.1) is 0 Å². The number of aliphatic hydroxyl groups is 3. The highest BCUT2D eigenvalue weighted by atomic mass is 32.2.